The number of imidazole rings is 1. The molecule has 0 radical (unpaired) electrons. The van der Waals surface area contributed by atoms with Gasteiger partial charge in [-0.25, -0.2) is 18.4 Å². The summed E-state index contributed by atoms with van der Waals surface area (Å²) in [6.07, 6.45) is 6.27. The molecule has 20 heavy (non-hydrogen) atoms. The summed E-state index contributed by atoms with van der Waals surface area (Å²) in [7, 11) is -3.25. The quantitative estimate of drug-likeness (QED) is 0.911. The third-order valence-corrected chi connectivity index (χ3v) is 3.89. The molecule has 1 N–H and O–H groups in total. The number of pyridine rings is 1. The maximum Gasteiger partial charge on any atom is 0.192 e. The van der Waals surface area contributed by atoms with Crippen LogP contribution in [0.4, 0.5) is 5.69 Å². The van der Waals surface area contributed by atoms with Crippen LogP contribution < -0.4 is 5.32 Å². The summed E-state index contributed by atoms with van der Waals surface area (Å²) in [5.74, 6) is 0. The summed E-state index contributed by atoms with van der Waals surface area (Å²) in [4.78, 5) is 8.06. The van der Waals surface area contributed by atoms with E-state index < -0.39 is 9.84 Å². The molecule has 108 valence electrons. The summed E-state index contributed by atoms with van der Waals surface area (Å²) < 4.78 is 24.7. The molecule has 2 aromatic heterocycles. The second-order valence-electron chi connectivity index (χ2n) is 4.90. The van der Waals surface area contributed by atoms with E-state index in [1.54, 1.807) is 12.4 Å². The van der Waals surface area contributed by atoms with Gasteiger partial charge in [-0.3, -0.25) is 0 Å². The first-order chi connectivity index (χ1) is 9.38. The number of aromatic nitrogens is 3. The predicted octanol–water partition coefficient (Wildman–Crippen LogP) is 1.87. The van der Waals surface area contributed by atoms with Gasteiger partial charge in [0, 0.05) is 18.5 Å². The molecule has 0 aliphatic heterocycles. The van der Waals surface area contributed by atoms with E-state index in [1.807, 2.05) is 6.20 Å². The fourth-order valence-corrected chi connectivity index (χ4v) is 2.39. The Morgan fingerprint density at radius 2 is 2.05 bits per heavy atom. The van der Waals surface area contributed by atoms with Gasteiger partial charge >= 0.3 is 0 Å². The molecule has 0 aliphatic rings. The van der Waals surface area contributed by atoms with E-state index in [9.17, 15) is 8.42 Å². The Balaban J connectivity index is 2.06. The minimum Gasteiger partial charge on any atom is -0.378 e. The highest BCUT2D eigenvalue weighted by Gasteiger charge is 2.08. The molecule has 0 aliphatic carbocycles. The number of hydrogen-bond acceptors (Lipinski definition) is 5. The maximum absolute atomic E-state index is 11.3. The smallest absolute Gasteiger partial charge is 0.192 e. The molecule has 0 atom stereocenters. The van der Waals surface area contributed by atoms with Crippen molar-refractivity contribution in [3.05, 3.63) is 36.5 Å². The molecule has 0 unspecified atom stereocenters. The molecule has 7 heteroatoms. The van der Waals surface area contributed by atoms with Crippen molar-refractivity contribution in [3.63, 3.8) is 0 Å². The van der Waals surface area contributed by atoms with Gasteiger partial charge in [0.2, 0.25) is 0 Å². The molecule has 0 spiro atoms. The van der Waals surface area contributed by atoms with E-state index in [2.05, 4.69) is 33.7 Å². The standard InChI is InChI=1S/C13H18N4O2S/c1-10(2)17-9-14-7-12(17)8-15-11-4-5-13(16-6-11)20(3,18)19/h4-7,9-10,15H,8H2,1-3H3. The summed E-state index contributed by atoms with van der Waals surface area (Å²) in [6, 6.07) is 3.55. The molecule has 0 fully saturated rings. The van der Waals surface area contributed by atoms with E-state index in [1.165, 1.54) is 12.3 Å². The van der Waals surface area contributed by atoms with Gasteiger partial charge in [-0.2, -0.15) is 0 Å². The van der Waals surface area contributed by atoms with Gasteiger partial charge in [0.05, 0.1) is 30.5 Å². The second-order valence-corrected chi connectivity index (χ2v) is 6.86. The molecular weight excluding hydrogens is 276 g/mol. The van der Waals surface area contributed by atoms with Crippen molar-refractivity contribution >= 4 is 15.5 Å². The van der Waals surface area contributed by atoms with Gasteiger partial charge in [0.1, 0.15) is 0 Å². The van der Waals surface area contributed by atoms with Gasteiger partial charge in [0.25, 0.3) is 0 Å². The first kappa shape index (κ1) is 14.5. The Hall–Kier alpha value is -1.89. The van der Waals surface area contributed by atoms with Crippen molar-refractivity contribution in [2.24, 2.45) is 0 Å². The Labute approximate surface area is 118 Å². The van der Waals surface area contributed by atoms with Crippen molar-refractivity contribution in [2.75, 3.05) is 11.6 Å². The largest absolute Gasteiger partial charge is 0.378 e. The summed E-state index contributed by atoms with van der Waals surface area (Å²) in [6.45, 7) is 4.79. The number of nitrogens with one attached hydrogen (secondary N) is 1. The average molecular weight is 294 g/mol. The van der Waals surface area contributed by atoms with Gasteiger partial charge in [-0.1, -0.05) is 0 Å². The van der Waals surface area contributed by atoms with Crippen molar-refractivity contribution in [1.29, 1.82) is 0 Å². The molecule has 0 saturated carbocycles. The molecule has 0 amide bonds. The monoisotopic (exact) mass is 294 g/mol. The average Bonchev–Trinajstić information content (AvgIpc) is 2.84. The summed E-state index contributed by atoms with van der Waals surface area (Å²) >= 11 is 0. The van der Waals surface area contributed by atoms with E-state index in [0.717, 1.165) is 17.6 Å². The van der Waals surface area contributed by atoms with Crippen LogP contribution >= 0.6 is 0 Å². The molecule has 2 rings (SSSR count). The summed E-state index contributed by atoms with van der Waals surface area (Å²) in [5, 5.41) is 3.28. The molecule has 0 aromatic carbocycles. The molecule has 0 bridgehead atoms. The van der Waals surface area contributed by atoms with E-state index in [4.69, 9.17) is 0 Å². The predicted molar refractivity (Wildman–Crippen MR) is 77.3 cm³/mol. The minimum absolute atomic E-state index is 0.0790. The van der Waals surface area contributed by atoms with Crippen LogP contribution in [0, 0.1) is 0 Å². The lowest BCUT2D eigenvalue weighted by Crippen LogP contribution is -2.09. The zero-order valence-corrected chi connectivity index (χ0v) is 12.6. The lowest BCUT2D eigenvalue weighted by atomic mass is 10.3. The van der Waals surface area contributed by atoms with Crippen LogP contribution in [0.5, 0.6) is 0 Å². The van der Waals surface area contributed by atoms with Crippen LogP contribution in [-0.2, 0) is 16.4 Å². The van der Waals surface area contributed by atoms with E-state index in [0.29, 0.717) is 12.6 Å². The van der Waals surface area contributed by atoms with Gasteiger partial charge < -0.3 is 9.88 Å². The van der Waals surface area contributed by atoms with Crippen LogP contribution in [0.2, 0.25) is 0 Å². The highest BCUT2D eigenvalue weighted by molar-refractivity contribution is 7.90. The molecule has 0 saturated heterocycles. The van der Waals surface area contributed by atoms with Crippen LogP contribution in [-0.4, -0.2) is 29.2 Å². The molecule has 2 heterocycles. The van der Waals surface area contributed by atoms with Crippen LogP contribution in [0.25, 0.3) is 0 Å². The summed E-state index contributed by atoms with van der Waals surface area (Å²) in [5.41, 5.74) is 1.83. The third kappa shape index (κ3) is 3.36. The fraction of sp³-hybridized carbons (Fsp3) is 0.385. The Morgan fingerprint density at radius 3 is 2.60 bits per heavy atom. The van der Waals surface area contributed by atoms with E-state index in [-0.39, 0.29) is 5.03 Å². The lowest BCUT2D eigenvalue weighted by molar-refractivity contribution is 0.577. The SMILES string of the molecule is CC(C)n1cncc1CNc1ccc(S(C)(=O)=O)nc1. The fourth-order valence-electron chi connectivity index (χ4n) is 1.83. The van der Waals surface area contributed by atoms with Gasteiger partial charge in [-0.05, 0) is 26.0 Å². The third-order valence-electron chi connectivity index (χ3n) is 2.89. The van der Waals surface area contributed by atoms with Crippen molar-refractivity contribution in [3.8, 4) is 0 Å². The zero-order chi connectivity index (χ0) is 14.8. The first-order valence-electron chi connectivity index (χ1n) is 6.28. The Bertz CT molecular complexity index is 675. The van der Waals surface area contributed by atoms with Crippen molar-refractivity contribution in [1.82, 2.24) is 14.5 Å². The normalized spacial score (nSPS) is 11.8. The van der Waals surface area contributed by atoms with Gasteiger partial charge in [0.15, 0.2) is 14.9 Å². The zero-order valence-electron chi connectivity index (χ0n) is 11.7. The number of nitrogens with zero attached hydrogens (tertiary/aromatic N) is 3. The van der Waals surface area contributed by atoms with E-state index >= 15 is 0 Å². The number of hydrogen-bond donors (Lipinski definition) is 1. The highest BCUT2D eigenvalue weighted by Crippen LogP contribution is 2.13. The van der Waals surface area contributed by atoms with Crippen molar-refractivity contribution in [2.45, 2.75) is 31.5 Å². The Kier molecular flexibility index (Phi) is 4.08. The first-order valence-corrected chi connectivity index (χ1v) is 8.18. The van der Waals surface area contributed by atoms with Crippen LogP contribution in [0.1, 0.15) is 25.6 Å². The number of rotatable bonds is 5. The minimum atomic E-state index is -3.25. The lowest BCUT2D eigenvalue weighted by Gasteiger charge is -2.12. The molecule has 2 aromatic rings. The van der Waals surface area contributed by atoms with Crippen LogP contribution in [0.15, 0.2) is 35.9 Å². The van der Waals surface area contributed by atoms with Gasteiger partial charge in [-0.15, -0.1) is 0 Å². The second kappa shape index (κ2) is 5.62. The topological polar surface area (TPSA) is 76.9 Å². The molecule has 6 nitrogen and oxygen atoms in total. The number of anilines is 1. The maximum atomic E-state index is 11.3. The van der Waals surface area contributed by atoms with Crippen molar-refractivity contribution < 1.29 is 8.42 Å². The Morgan fingerprint density at radius 1 is 1.30 bits per heavy atom. The number of sulfone groups is 1. The molecular formula is C13H18N4O2S. The van der Waals surface area contributed by atoms with Crippen LogP contribution in [0.3, 0.4) is 0 Å². The highest BCUT2D eigenvalue weighted by atomic mass is 32.2.